The van der Waals surface area contributed by atoms with Crippen LogP contribution in [0.25, 0.3) is 0 Å². The van der Waals surface area contributed by atoms with E-state index in [2.05, 4.69) is 4.74 Å². The van der Waals surface area contributed by atoms with Crippen LogP contribution in [0, 0.1) is 5.92 Å². The van der Waals surface area contributed by atoms with Gasteiger partial charge < -0.3 is 19.3 Å². The van der Waals surface area contributed by atoms with Gasteiger partial charge in [0.1, 0.15) is 6.61 Å². The third kappa shape index (κ3) is 3.28. The summed E-state index contributed by atoms with van der Waals surface area (Å²) >= 11 is 0. The molecular formula is C12H20O6. The second kappa shape index (κ2) is 5.77. The molecule has 0 aromatic rings. The quantitative estimate of drug-likeness (QED) is 0.730. The van der Waals surface area contributed by atoms with E-state index >= 15 is 0 Å². The van der Waals surface area contributed by atoms with Gasteiger partial charge in [-0.1, -0.05) is 0 Å². The highest BCUT2D eigenvalue weighted by molar-refractivity contribution is 5.91. The molecule has 0 unspecified atom stereocenters. The molecule has 1 saturated heterocycles. The number of ether oxygens (including phenoxy) is 3. The van der Waals surface area contributed by atoms with Crippen molar-refractivity contribution in [1.29, 1.82) is 0 Å². The molecule has 18 heavy (non-hydrogen) atoms. The molecule has 0 aromatic heterocycles. The van der Waals surface area contributed by atoms with Gasteiger partial charge in [-0.15, -0.1) is 0 Å². The van der Waals surface area contributed by atoms with Crippen molar-refractivity contribution in [2.45, 2.75) is 45.2 Å². The van der Waals surface area contributed by atoms with Crippen molar-refractivity contribution in [2.24, 2.45) is 5.92 Å². The van der Waals surface area contributed by atoms with E-state index in [0.717, 1.165) is 0 Å². The Morgan fingerprint density at radius 3 is 2.67 bits per heavy atom. The molecular weight excluding hydrogens is 240 g/mol. The number of methoxy groups -OCH3 is 1. The van der Waals surface area contributed by atoms with Crippen LogP contribution in [0.2, 0.25) is 0 Å². The molecule has 0 saturated carbocycles. The largest absolute Gasteiger partial charge is 0.467 e. The van der Waals surface area contributed by atoms with Gasteiger partial charge in [-0.25, -0.2) is 4.79 Å². The average Bonchev–Trinajstić information content (AvgIpc) is 2.29. The van der Waals surface area contributed by atoms with Crippen LogP contribution in [-0.4, -0.2) is 48.6 Å². The van der Waals surface area contributed by atoms with Crippen molar-refractivity contribution in [3.63, 3.8) is 0 Å². The minimum absolute atomic E-state index is 0.0630. The van der Waals surface area contributed by atoms with Crippen LogP contribution in [-0.2, 0) is 23.8 Å². The van der Waals surface area contributed by atoms with E-state index in [1.165, 1.54) is 14.0 Å². The first-order valence-corrected chi connectivity index (χ1v) is 5.89. The first kappa shape index (κ1) is 15.1. The average molecular weight is 260 g/mol. The molecule has 0 bridgehead atoms. The summed E-state index contributed by atoms with van der Waals surface area (Å²) in [5.74, 6) is -2.03. The zero-order valence-corrected chi connectivity index (χ0v) is 11.1. The van der Waals surface area contributed by atoms with Gasteiger partial charge >= 0.3 is 5.97 Å². The smallest absolute Gasteiger partial charge is 0.338 e. The highest BCUT2D eigenvalue weighted by Crippen LogP contribution is 2.29. The van der Waals surface area contributed by atoms with Gasteiger partial charge in [0.15, 0.2) is 17.7 Å². The van der Waals surface area contributed by atoms with E-state index in [0.29, 0.717) is 0 Å². The maximum Gasteiger partial charge on any atom is 0.338 e. The third-order valence-corrected chi connectivity index (χ3v) is 2.93. The molecule has 1 aliphatic heterocycles. The predicted octanol–water partition coefficient (Wildman–Crippen LogP) is 0.267. The summed E-state index contributed by atoms with van der Waals surface area (Å²) in [5.41, 5.74) is -1.85. The minimum Gasteiger partial charge on any atom is -0.467 e. The van der Waals surface area contributed by atoms with Gasteiger partial charge in [-0.05, 0) is 20.8 Å². The van der Waals surface area contributed by atoms with Crippen molar-refractivity contribution in [1.82, 2.24) is 0 Å². The van der Waals surface area contributed by atoms with E-state index in [1.54, 1.807) is 0 Å². The van der Waals surface area contributed by atoms with Crippen LogP contribution in [0.4, 0.5) is 0 Å². The van der Waals surface area contributed by atoms with Gasteiger partial charge in [0, 0.05) is 6.42 Å². The zero-order chi connectivity index (χ0) is 13.9. The summed E-state index contributed by atoms with van der Waals surface area (Å²) in [6.07, 6.45) is -0.519. The highest BCUT2D eigenvalue weighted by atomic mass is 16.7. The molecule has 1 N–H and O–H groups in total. The predicted molar refractivity (Wildman–Crippen MR) is 61.7 cm³/mol. The lowest BCUT2D eigenvalue weighted by Gasteiger charge is -2.35. The number of carbonyl (C=O) groups excluding carboxylic acids is 2. The summed E-state index contributed by atoms with van der Waals surface area (Å²) in [5, 5.41) is 10.1. The molecule has 1 rings (SSSR count). The summed E-state index contributed by atoms with van der Waals surface area (Å²) < 4.78 is 15.2. The fourth-order valence-corrected chi connectivity index (χ4v) is 1.96. The topological polar surface area (TPSA) is 82.1 Å². The normalized spacial score (nSPS) is 28.0. The van der Waals surface area contributed by atoms with Crippen molar-refractivity contribution in [3.8, 4) is 0 Å². The standard InChI is InChI=1S/C12H20O6/c1-7(2)18-10-5-8(9(13)6-17-10)12(3,15)11(14)16-4/h7-8,10,15H,5-6H2,1-4H3/t8-,10+,12+/m1/s1. The first-order chi connectivity index (χ1) is 8.28. The zero-order valence-electron chi connectivity index (χ0n) is 11.1. The molecule has 6 heteroatoms. The van der Waals surface area contributed by atoms with Crippen molar-refractivity contribution in [2.75, 3.05) is 13.7 Å². The summed E-state index contributed by atoms with van der Waals surface area (Å²) in [4.78, 5) is 23.2. The van der Waals surface area contributed by atoms with Crippen LogP contribution < -0.4 is 0 Å². The summed E-state index contributed by atoms with van der Waals surface area (Å²) in [7, 11) is 1.17. The summed E-state index contributed by atoms with van der Waals surface area (Å²) in [6, 6.07) is 0. The molecule has 1 heterocycles. The van der Waals surface area contributed by atoms with E-state index in [4.69, 9.17) is 9.47 Å². The Balaban J connectivity index is 2.79. The Morgan fingerprint density at radius 2 is 2.17 bits per heavy atom. The molecule has 1 fully saturated rings. The Labute approximate surface area is 106 Å². The second-order valence-electron chi connectivity index (χ2n) is 4.82. The van der Waals surface area contributed by atoms with E-state index < -0.39 is 23.8 Å². The van der Waals surface area contributed by atoms with Crippen LogP contribution in [0.15, 0.2) is 0 Å². The van der Waals surface area contributed by atoms with Gasteiger partial charge in [0.25, 0.3) is 0 Å². The van der Waals surface area contributed by atoms with E-state index in [1.807, 2.05) is 13.8 Å². The minimum atomic E-state index is -1.85. The third-order valence-electron chi connectivity index (χ3n) is 2.93. The highest BCUT2D eigenvalue weighted by Gasteiger charge is 2.48. The Morgan fingerprint density at radius 1 is 1.56 bits per heavy atom. The van der Waals surface area contributed by atoms with Crippen LogP contribution >= 0.6 is 0 Å². The molecule has 0 amide bonds. The SMILES string of the molecule is COC(=O)[C@@](C)(O)[C@@H]1C[C@H](OC(C)C)OCC1=O. The molecule has 1 aliphatic rings. The van der Waals surface area contributed by atoms with Crippen LogP contribution in [0.5, 0.6) is 0 Å². The van der Waals surface area contributed by atoms with E-state index in [-0.39, 0.29) is 24.9 Å². The number of ketones is 1. The van der Waals surface area contributed by atoms with Crippen molar-refractivity contribution in [3.05, 3.63) is 0 Å². The molecule has 104 valence electrons. The number of carbonyl (C=O) groups is 2. The molecule has 0 spiro atoms. The number of aliphatic hydroxyl groups is 1. The van der Waals surface area contributed by atoms with Crippen molar-refractivity contribution >= 4 is 11.8 Å². The lowest BCUT2D eigenvalue weighted by Crippen LogP contribution is -2.52. The number of rotatable bonds is 4. The lowest BCUT2D eigenvalue weighted by atomic mass is 9.82. The Bertz CT molecular complexity index is 323. The van der Waals surface area contributed by atoms with Gasteiger partial charge in [-0.3, -0.25) is 4.79 Å². The molecule has 0 aromatic carbocycles. The fourth-order valence-electron chi connectivity index (χ4n) is 1.96. The molecule has 6 nitrogen and oxygen atoms in total. The van der Waals surface area contributed by atoms with Crippen LogP contribution in [0.3, 0.4) is 0 Å². The monoisotopic (exact) mass is 260 g/mol. The Kier molecular flexibility index (Phi) is 4.84. The maximum atomic E-state index is 11.7. The molecule has 3 atom stereocenters. The fraction of sp³-hybridized carbons (Fsp3) is 0.833. The molecule has 0 aliphatic carbocycles. The number of hydrogen-bond donors (Lipinski definition) is 1. The number of hydrogen-bond acceptors (Lipinski definition) is 6. The van der Waals surface area contributed by atoms with Gasteiger partial charge in [-0.2, -0.15) is 0 Å². The van der Waals surface area contributed by atoms with Gasteiger partial charge in [0.05, 0.1) is 19.1 Å². The molecule has 0 radical (unpaired) electrons. The van der Waals surface area contributed by atoms with Crippen LogP contribution in [0.1, 0.15) is 27.2 Å². The Hall–Kier alpha value is -0.980. The second-order valence-corrected chi connectivity index (χ2v) is 4.82. The first-order valence-electron chi connectivity index (χ1n) is 5.89. The number of Topliss-reactive ketones (excluding diaryl/α,β-unsaturated/α-hetero) is 1. The number of esters is 1. The lowest BCUT2D eigenvalue weighted by molar-refractivity contribution is -0.211. The van der Waals surface area contributed by atoms with E-state index in [9.17, 15) is 14.7 Å². The summed E-state index contributed by atoms with van der Waals surface area (Å²) in [6.45, 7) is 4.79. The van der Waals surface area contributed by atoms with Gasteiger partial charge in [0.2, 0.25) is 0 Å². The van der Waals surface area contributed by atoms with Crippen molar-refractivity contribution < 1.29 is 28.9 Å². The maximum absolute atomic E-state index is 11.7.